The topological polar surface area (TPSA) is 24.4 Å². The van der Waals surface area contributed by atoms with E-state index in [9.17, 15) is 0 Å². The smallest absolute Gasteiger partial charge is 0.0851 e. The molecule has 0 radical (unpaired) electrons. The minimum absolute atomic E-state index is 0.810. The lowest BCUT2D eigenvalue weighted by Crippen LogP contribution is -2.13. The Bertz CT molecular complexity index is 200. The molecule has 0 saturated heterocycles. The van der Waals surface area contributed by atoms with Gasteiger partial charge in [0.25, 0.3) is 0 Å². The summed E-state index contributed by atoms with van der Waals surface area (Å²) >= 11 is 0. The van der Waals surface area contributed by atoms with E-state index >= 15 is 0 Å². The Kier molecular flexibility index (Phi) is 4.82. The van der Waals surface area contributed by atoms with Crippen molar-refractivity contribution in [2.45, 2.75) is 6.92 Å². The van der Waals surface area contributed by atoms with Crippen molar-refractivity contribution < 1.29 is 0 Å². The lowest BCUT2D eigenvalue weighted by Gasteiger charge is -2.03. The van der Waals surface area contributed by atoms with Gasteiger partial charge in [-0.1, -0.05) is 19.2 Å². The van der Waals surface area contributed by atoms with Crippen molar-refractivity contribution >= 4 is 5.71 Å². The van der Waals surface area contributed by atoms with Gasteiger partial charge < -0.3 is 5.32 Å². The SMILES string of the molecule is C=C/N=C(C=C)\C(=C/C)NC. The molecule has 2 nitrogen and oxygen atoms in total. The highest BCUT2D eigenvalue weighted by Crippen LogP contribution is 1.94. The minimum Gasteiger partial charge on any atom is -0.387 e. The molecule has 0 amide bonds. The molecular weight excluding hydrogens is 136 g/mol. The van der Waals surface area contributed by atoms with E-state index in [0.29, 0.717) is 0 Å². The van der Waals surface area contributed by atoms with Crippen molar-refractivity contribution in [3.05, 3.63) is 37.2 Å². The summed E-state index contributed by atoms with van der Waals surface area (Å²) in [5, 5.41) is 3.00. The molecule has 0 aliphatic carbocycles. The fraction of sp³-hybridized carbons (Fsp3) is 0.222. The van der Waals surface area contributed by atoms with Crippen molar-refractivity contribution in [1.29, 1.82) is 0 Å². The predicted molar refractivity (Wildman–Crippen MR) is 50.6 cm³/mol. The highest BCUT2D eigenvalue weighted by molar-refractivity contribution is 6.07. The average Bonchev–Trinajstić information content (AvgIpc) is 2.05. The molecule has 0 heterocycles. The zero-order chi connectivity index (χ0) is 8.69. The van der Waals surface area contributed by atoms with Crippen LogP contribution in [0.25, 0.3) is 0 Å². The van der Waals surface area contributed by atoms with Crippen molar-refractivity contribution in [1.82, 2.24) is 5.32 Å². The molecule has 0 unspecified atom stereocenters. The second-order valence-electron chi connectivity index (χ2n) is 1.85. The Morgan fingerprint density at radius 3 is 2.36 bits per heavy atom. The molecule has 0 aromatic heterocycles. The van der Waals surface area contributed by atoms with Crippen molar-refractivity contribution in [3.63, 3.8) is 0 Å². The highest BCUT2D eigenvalue weighted by Gasteiger charge is 1.96. The van der Waals surface area contributed by atoms with Gasteiger partial charge >= 0.3 is 0 Å². The first-order valence-electron chi connectivity index (χ1n) is 3.45. The second-order valence-corrected chi connectivity index (χ2v) is 1.85. The quantitative estimate of drug-likeness (QED) is 0.608. The van der Waals surface area contributed by atoms with E-state index in [2.05, 4.69) is 23.5 Å². The number of rotatable bonds is 4. The summed E-state index contributed by atoms with van der Waals surface area (Å²) < 4.78 is 0. The summed E-state index contributed by atoms with van der Waals surface area (Å²) in [6.45, 7) is 9.08. The summed E-state index contributed by atoms with van der Waals surface area (Å²) in [6.07, 6.45) is 5.12. The fourth-order valence-corrected chi connectivity index (χ4v) is 0.751. The van der Waals surface area contributed by atoms with E-state index < -0.39 is 0 Å². The number of nitrogens with zero attached hydrogens (tertiary/aromatic N) is 1. The normalized spacial score (nSPS) is 12.5. The van der Waals surface area contributed by atoms with Gasteiger partial charge in [-0.15, -0.1) is 0 Å². The number of allylic oxidation sites excluding steroid dienone is 2. The van der Waals surface area contributed by atoms with Crippen LogP contribution in [0.2, 0.25) is 0 Å². The standard InChI is InChI=1S/C9H14N2/c1-5-8(10-4)9(6-2)11-7-3/h5-7,10H,2-3H2,1,4H3/b8-5+,11-9-. The van der Waals surface area contributed by atoms with Crippen LogP contribution >= 0.6 is 0 Å². The summed E-state index contributed by atoms with van der Waals surface area (Å²) in [5.41, 5.74) is 1.77. The van der Waals surface area contributed by atoms with E-state index in [1.54, 1.807) is 6.08 Å². The zero-order valence-electron chi connectivity index (χ0n) is 7.09. The number of hydrogen-bond donors (Lipinski definition) is 1. The molecule has 0 atom stereocenters. The Labute approximate surface area is 68.0 Å². The first-order chi connectivity index (χ1) is 5.29. The van der Waals surface area contributed by atoms with E-state index in [4.69, 9.17) is 0 Å². The molecule has 0 aliphatic rings. The van der Waals surface area contributed by atoms with Crippen LogP contribution in [-0.4, -0.2) is 12.8 Å². The molecule has 60 valence electrons. The van der Waals surface area contributed by atoms with Crippen LogP contribution in [-0.2, 0) is 0 Å². The predicted octanol–water partition coefficient (Wildman–Crippen LogP) is 1.88. The summed E-state index contributed by atoms with van der Waals surface area (Å²) in [7, 11) is 1.84. The Morgan fingerprint density at radius 1 is 1.45 bits per heavy atom. The molecule has 2 heteroatoms. The fourth-order valence-electron chi connectivity index (χ4n) is 0.751. The van der Waals surface area contributed by atoms with Crippen molar-refractivity contribution in [3.8, 4) is 0 Å². The lowest BCUT2D eigenvalue weighted by molar-refractivity contribution is 1.05. The molecule has 0 bridgehead atoms. The molecule has 0 spiro atoms. The monoisotopic (exact) mass is 150 g/mol. The molecule has 0 aromatic carbocycles. The zero-order valence-corrected chi connectivity index (χ0v) is 7.09. The van der Waals surface area contributed by atoms with Crippen molar-refractivity contribution in [2.75, 3.05) is 7.05 Å². The van der Waals surface area contributed by atoms with Crippen LogP contribution in [0.3, 0.4) is 0 Å². The van der Waals surface area contributed by atoms with Crippen molar-refractivity contribution in [2.24, 2.45) is 4.99 Å². The molecule has 0 aliphatic heterocycles. The summed E-state index contributed by atoms with van der Waals surface area (Å²) in [5.74, 6) is 0. The van der Waals surface area contributed by atoms with Crippen LogP contribution in [0.4, 0.5) is 0 Å². The molecule has 0 rings (SSSR count). The van der Waals surface area contributed by atoms with Gasteiger partial charge in [-0.3, -0.25) is 4.99 Å². The van der Waals surface area contributed by atoms with E-state index in [-0.39, 0.29) is 0 Å². The number of aliphatic imine (C=N–C) groups is 1. The van der Waals surface area contributed by atoms with E-state index in [1.165, 1.54) is 6.20 Å². The summed E-state index contributed by atoms with van der Waals surface area (Å²) in [4.78, 5) is 4.02. The van der Waals surface area contributed by atoms with Gasteiger partial charge in [0.15, 0.2) is 0 Å². The van der Waals surface area contributed by atoms with Gasteiger partial charge in [-0.2, -0.15) is 0 Å². The van der Waals surface area contributed by atoms with E-state index in [0.717, 1.165) is 11.4 Å². The van der Waals surface area contributed by atoms with Crippen LogP contribution < -0.4 is 5.32 Å². The van der Waals surface area contributed by atoms with Crippen LogP contribution in [0.15, 0.2) is 42.2 Å². The Balaban J connectivity index is 4.61. The molecule has 1 N–H and O–H groups in total. The van der Waals surface area contributed by atoms with Crippen LogP contribution in [0.1, 0.15) is 6.92 Å². The first-order valence-corrected chi connectivity index (χ1v) is 3.45. The third-order valence-corrected chi connectivity index (χ3v) is 1.26. The molecule has 0 saturated carbocycles. The molecular formula is C9H14N2. The van der Waals surface area contributed by atoms with E-state index in [1.807, 2.05) is 20.0 Å². The lowest BCUT2D eigenvalue weighted by atomic mass is 10.2. The maximum Gasteiger partial charge on any atom is 0.0851 e. The number of hydrogen-bond acceptors (Lipinski definition) is 2. The minimum atomic E-state index is 0.810. The van der Waals surface area contributed by atoms with Gasteiger partial charge in [-0.05, 0) is 13.0 Å². The Morgan fingerprint density at radius 2 is 2.09 bits per heavy atom. The molecule has 11 heavy (non-hydrogen) atoms. The number of nitrogens with one attached hydrogen (secondary N) is 1. The third kappa shape index (κ3) is 2.85. The van der Waals surface area contributed by atoms with Crippen LogP contribution in [0.5, 0.6) is 0 Å². The summed E-state index contributed by atoms with van der Waals surface area (Å²) in [6, 6.07) is 0. The maximum atomic E-state index is 4.02. The molecule has 0 aromatic rings. The van der Waals surface area contributed by atoms with Gasteiger partial charge in [0.1, 0.15) is 0 Å². The average molecular weight is 150 g/mol. The van der Waals surface area contributed by atoms with Gasteiger partial charge in [0, 0.05) is 13.2 Å². The van der Waals surface area contributed by atoms with Gasteiger partial charge in [0.05, 0.1) is 11.4 Å². The highest BCUT2D eigenvalue weighted by atomic mass is 14.9. The molecule has 0 fully saturated rings. The largest absolute Gasteiger partial charge is 0.387 e. The van der Waals surface area contributed by atoms with Gasteiger partial charge in [-0.25, -0.2) is 0 Å². The maximum absolute atomic E-state index is 4.02. The van der Waals surface area contributed by atoms with Crippen LogP contribution in [0, 0.1) is 0 Å². The first kappa shape index (κ1) is 9.69. The Hall–Kier alpha value is -1.31. The second kappa shape index (κ2) is 5.47. The van der Waals surface area contributed by atoms with Gasteiger partial charge in [0.2, 0.25) is 0 Å². The third-order valence-electron chi connectivity index (χ3n) is 1.26.